The molecule has 1 aliphatic carbocycles. The first-order valence-corrected chi connectivity index (χ1v) is 11.3. The molecule has 3 aromatic rings. The van der Waals surface area contributed by atoms with Gasteiger partial charge in [-0.05, 0) is 49.7 Å². The van der Waals surface area contributed by atoms with Crippen LogP contribution in [0.3, 0.4) is 0 Å². The van der Waals surface area contributed by atoms with E-state index in [9.17, 15) is 15.0 Å². The molecular weight excluding hydrogens is 440 g/mol. The molecule has 34 heavy (non-hydrogen) atoms. The average molecular weight is 471 g/mol. The average Bonchev–Trinajstić information content (AvgIpc) is 3.23. The predicted molar refractivity (Wildman–Crippen MR) is 125 cm³/mol. The number of hydrogen-bond donors (Lipinski definition) is 3. The maximum atomic E-state index is 13.5. The number of fused-ring (bicyclic) bond motifs is 4. The van der Waals surface area contributed by atoms with Crippen LogP contribution < -0.4 is 9.47 Å². The van der Waals surface area contributed by atoms with E-state index in [1.165, 1.54) is 0 Å². The summed E-state index contributed by atoms with van der Waals surface area (Å²) in [5.41, 5.74) is 1.81. The van der Waals surface area contributed by atoms with Gasteiger partial charge in [0.25, 0.3) is 0 Å². The Hall–Kier alpha value is -2.91. The van der Waals surface area contributed by atoms with Gasteiger partial charge in [-0.1, -0.05) is 0 Å². The molecule has 182 valence electrons. The monoisotopic (exact) mass is 470 g/mol. The number of aliphatic hydroxyl groups excluding tert-OH is 3. The van der Waals surface area contributed by atoms with Gasteiger partial charge in [-0.3, -0.25) is 4.79 Å². The van der Waals surface area contributed by atoms with Crippen LogP contribution >= 0.6 is 0 Å². The Labute approximate surface area is 197 Å². The number of carbonyl (C=O) groups is 1. The van der Waals surface area contributed by atoms with Gasteiger partial charge in [-0.15, -0.1) is 0 Å². The summed E-state index contributed by atoms with van der Waals surface area (Å²) in [6.45, 7) is 4.34. The van der Waals surface area contributed by atoms with Crippen LogP contribution in [0.4, 0.5) is 0 Å². The molecule has 8 heteroatoms. The zero-order chi connectivity index (χ0) is 24.5. The lowest BCUT2D eigenvalue weighted by atomic mass is 9.71. The summed E-state index contributed by atoms with van der Waals surface area (Å²) < 4.78 is 22.7. The molecule has 2 aromatic carbocycles. The molecule has 0 radical (unpaired) electrons. The highest BCUT2D eigenvalue weighted by molar-refractivity contribution is 6.19. The second-order valence-electron chi connectivity index (χ2n) is 8.95. The van der Waals surface area contributed by atoms with Crippen LogP contribution in [0, 0.1) is 0 Å². The van der Waals surface area contributed by atoms with Gasteiger partial charge >= 0.3 is 0 Å². The van der Waals surface area contributed by atoms with Crippen molar-refractivity contribution in [3.8, 4) is 11.5 Å². The van der Waals surface area contributed by atoms with Gasteiger partial charge in [0, 0.05) is 42.6 Å². The molecular formula is C26H30O8. The molecule has 1 aliphatic rings. The molecule has 0 fully saturated rings. The van der Waals surface area contributed by atoms with E-state index in [0.29, 0.717) is 47.2 Å². The molecule has 0 saturated heterocycles. The van der Waals surface area contributed by atoms with Crippen molar-refractivity contribution >= 4 is 16.8 Å². The largest absolute Gasteiger partial charge is 0.493 e. The lowest BCUT2D eigenvalue weighted by Gasteiger charge is -2.31. The van der Waals surface area contributed by atoms with Crippen LogP contribution in [0.15, 0.2) is 40.8 Å². The molecule has 4 rings (SSSR count). The van der Waals surface area contributed by atoms with Gasteiger partial charge < -0.3 is 33.9 Å². The Morgan fingerprint density at radius 3 is 2.47 bits per heavy atom. The Balaban J connectivity index is 1.64. The summed E-state index contributed by atoms with van der Waals surface area (Å²) in [6, 6.07) is 10.6. The molecule has 0 aliphatic heterocycles. The van der Waals surface area contributed by atoms with Crippen molar-refractivity contribution in [3.05, 3.63) is 58.8 Å². The zero-order valence-corrected chi connectivity index (χ0v) is 19.5. The Morgan fingerprint density at radius 2 is 1.74 bits per heavy atom. The fourth-order valence-corrected chi connectivity index (χ4v) is 4.23. The SMILES string of the molecule is COCCCOc1ccc2c3c(oc2c1)C(C)(C)c1cc(OC[C@@H](O)[C@H](O)CO)ccc1C3=O. The summed E-state index contributed by atoms with van der Waals surface area (Å²) in [5.74, 6) is 1.55. The van der Waals surface area contributed by atoms with Gasteiger partial charge in [-0.2, -0.15) is 0 Å². The maximum Gasteiger partial charge on any atom is 0.197 e. The number of aliphatic hydroxyl groups is 3. The number of rotatable bonds is 10. The number of benzene rings is 2. The highest BCUT2D eigenvalue weighted by Crippen LogP contribution is 2.46. The smallest absolute Gasteiger partial charge is 0.197 e. The summed E-state index contributed by atoms with van der Waals surface area (Å²) in [7, 11) is 1.65. The highest BCUT2D eigenvalue weighted by Gasteiger charge is 2.41. The Bertz CT molecular complexity index is 1180. The minimum Gasteiger partial charge on any atom is -0.493 e. The molecule has 1 heterocycles. The maximum absolute atomic E-state index is 13.5. The summed E-state index contributed by atoms with van der Waals surface area (Å²) >= 11 is 0. The third-order valence-corrected chi connectivity index (χ3v) is 6.18. The van der Waals surface area contributed by atoms with E-state index >= 15 is 0 Å². The lowest BCUT2D eigenvalue weighted by molar-refractivity contribution is -0.0339. The molecule has 8 nitrogen and oxygen atoms in total. The molecule has 0 spiro atoms. The number of furan rings is 1. The zero-order valence-electron chi connectivity index (χ0n) is 19.5. The van der Waals surface area contributed by atoms with Crippen molar-refractivity contribution < 1.29 is 38.7 Å². The van der Waals surface area contributed by atoms with Crippen LogP contribution in [0.5, 0.6) is 11.5 Å². The lowest BCUT2D eigenvalue weighted by Crippen LogP contribution is -2.34. The molecule has 0 saturated carbocycles. The van der Waals surface area contributed by atoms with Crippen LogP contribution in [0.2, 0.25) is 0 Å². The number of hydrogen-bond acceptors (Lipinski definition) is 8. The van der Waals surface area contributed by atoms with E-state index in [1.807, 2.05) is 26.0 Å². The molecule has 3 N–H and O–H groups in total. The fourth-order valence-electron chi connectivity index (χ4n) is 4.23. The Kier molecular flexibility index (Phi) is 6.95. The van der Waals surface area contributed by atoms with Crippen LogP contribution in [-0.4, -0.2) is 66.8 Å². The van der Waals surface area contributed by atoms with E-state index in [0.717, 1.165) is 17.4 Å². The van der Waals surface area contributed by atoms with Crippen molar-refractivity contribution in [1.82, 2.24) is 0 Å². The van der Waals surface area contributed by atoms with Gasteiger partial charge in [0.15, 0.2) is 5.78 Å². The first kappa shape index (κ1) is 24.2. The van der Waals surface area contributed by atoms with Gasteiger partial charge in [-0.25, -0.2) is 0 Å². The van der Waals surface area contributed by atoms with E-state index in [1.54, 1.807) is 31.4 Å². The quantitative estimate of drug-likeness (QED) is 0.387. The van der Waals surface area contributed by atoms with Crippen molar-refractivity contribution in [2.75, 3.05) is 33.5 Å². The third-order valence-electron chi connectivity index (χ3n) is 6.18. The topological polar surface area (TPSA) is 119 Å². The van der Waals surface area contributed by atoms with Gasteiger partial charge in [0.2, 0.25) is 0 Å². The first-order chi connectivity index (χ1) is 16.3. The van der Waals surface area contributed by atoms with E-state index in [2.05, 4.69) is 0 Å². The van der Waals surface area contributed by atoms with E-state index in [-0.39, 0.29) is 12.4 Å². The Morgan fingerprint density at radius 1 is 1.00 bits per heavy atom. The molecule has 0 bridgehead atoms. The molecule has 0 unspecified atom stereocenters. The van der Waals surface area contributed by atoms with Crippen molar-refractivity contribution in [1.29, 1.82) is 0 Å². The third kappa shape index (κ3) is 4.42. The van der Waals surface area contributed by atoms with Gasteiger partial charge in [0.05, 0.1) is 18.8 Å². The second-order valence-corrected chi connectivity index (χ2v) is 8.95. The van der Waals surface area contributed by atoms with Crippen LogP contribution in [0.25, 0.3) is 11.0 Å². The highest BCUT2D eigenvalue weighted by atomic mass is 16.5. The fraction of sp³-hybridized carbons (Fsp3) is 0.423. The number of ether oxygens (including phenoxy) is 3. The minimum absolute atomic E-state index is 0.126. The van der Waals surface area contributed by atoms with Crippen molar-refractivity contribution in [3.63, 3.8) is 0 Å². The molecule has 2 atom stereocenters. The van der Waals surface area contributed by atoms with Crippen molar-refractivity contribution in [2.24, 2.45) is 0 Å². The minimum atomic E-state index is -1.29. The standard InChI is InChI=1S/C26H30O8/c1-26(2)19-11-15(33-14-21(29)20(28)13-27)5-7-17(19)24(30)23-18-8-6-16(32-10-4-9-31-3)12-22(18)34-25(23)26/h5-8,11-12,20-21,27-29H,4,9-10,13-14H2,1-3H3/t20-,21-/m1/s1. The summed E-state index contributed by atoms with van der Waals surface area (Å²) in [6.07, 6.45) is -1.75. The van der Waals surface area contributed by atoms with E-state index in [4.69, 9.17) is 23.7 Å². The summed E-state index contributed by atoms with van der Waals surface area (Å²) in [4.78, 5) is 13.5. The normalized spacial score (nSPS) is 16.1. The molecule has 1 aromatic heterocycles. The van der Waals surface area contributed by atoms with E-state index < -0.39 is 24.2 Å². The van der Waals surface area contributed by atoms with Crippen LogP contribution in [-0.2, 0) is 10.2 Å². The van der Waals surface area contributed by atoms with Crippen molar-refractivity contribution in [2.45, 2.75) is 37.9 Å². The number of carbonyl (C=O) groups excluding carboxylic acids is 1. The first-order valence-electron chi connectivity index (χ1n) is 11.3. The van der Waals surface area contributed by atoms with Gasteiger partial charge in [0.1, 0.15) is 41.7 Å². The second kappa shape index (κ2) is 9.76. The molecule has 0 amide bonds. The number of ketones is 1. The summed E-state index contributed by atoms with van der Waals surface area (Å²) in [5, 5.41) is 29.1. The number of methoxy groups -OCH3 is 1. The predicted octanol–water partition coefficient (Wildman–Crippen LogP) is 2.81. The van der Waals surface area contributed by atoms with Crippen LogP contribution in [0.1, 0.15) is 47.5 Å².